The molecule has 0 bridgehead atoms. The Labute approximate surface area is 143 Å². The molecule has 1 N–H and O–H groups in total. The summed E-state index contributed by atoms with van der Waals surface area (Å²) in [4.78, 5) is 27.6. The summed E-state index contributed by atoms with van der Waals surface area (Å²) in [6, 6.07) is 2.12. The van der Waals surface area contributed by atoms with Gasteiger partial charge < -0.3 is 4.98 Å². The highest BCUT2D eigenvalue weighted by Crippen LogP contribution is 2.29. The number of H-pyrrole nitrogens is 1. The molecule has 0 unspecified atom stereocenters. The van der Waals surface area contributed by atoms with E-state index in [1.807, 2.05) is 18.5 Å². The van der Waals surface area contributed by atoms with Crippen molar-refractivity contribution in [1.29, 1.82) is 0 Å². The Morgan fingerprint density at radius 1 is 1.39 bits per heavy atom. The zero-order chi connectivity index (χ0) is 16.6. The molecule has 7 heteroatoms. The summed E-state index contributed by atoms with van der Waals surface area (Å²) in [6.45, 7) is 6.95. The van der Waals surface area contributed by atoms with E-state index < -0.39 is 0 Å². The normalized spacial score (nSPS) is 13.1. The molecule has 0 spiro atoms. The van der Waals surface area contributed by atoms with Gasteiger partial charge in [-0.3, -0.25) is 9.69 Å². The lowest BCUT2D eigenvalue weighted by Crippen LogP contribution is -2.24. The SMILES string of the molecule is CCc1nc(C)c([C@H](C)N(C)Cc2nc3ccsc3c(=O)[nH]2)s1. The quantitative estimate of drug-likeness (QED) is 0.766. The van der Waals surface area contributed by atoms with Gasteiger partial charge in [0.2, 0.25) is 0 Å². The molecule has 0 aliphatic rings. The number of hydrogen-bond acceptors (Lipinski definition) is 6. The predicted octanol–water partition coefficient (Wildman–Crippen LogP) is 3.50. The lowest BCUT2D eigenvalue weighted by molar-refractivity contribution is 0.249. The van der Waals surface area contributed by atoms with Crippen molar-refractivity contribution in [3.05, 3.63) is 43.2 Å². The Morgan fingerprint density at radius 2 is 2.17 bits per heavy atom. The molecule has 0 amide bonds. The summed E-state index contributed by atoms with van der Waals surface area (Å²) in [7, 11) is 2.05. The third kappa shape index (κ3) is 3.22. The number of nitrogens with zero attached hydrogens (tertiary/aromatic N) is 3. The van der Waals surface area contributed by atoms with E-state index in [1.165, 1.54) is 21.2 Å². The van der Waals surface area contributed by atoms with Crippen LogP contribution in [-0.2, 0) is 13.0 Å². The van der Waals surface area contributed by atoms with Crippen molar-refractivity contribution < 1.29 is 0 Å². The number of aryl methyl sites for hydroxylation is 2. The van der Waals surface area contributed by atoms with E-state index in [2.05, 4.69) is 40.6 Å². The first-order chi connectivity index (χ1) is 11.0. The van der Waals surface area contributed by atoms with Crippen LogP contribution in [0.5, 0.6) is 0 Å². The number of aromatic nitrogens is 3. The van der Waals surface area contributed by atoms with Crippen LogP contribution in [0.4, 0.5) is 0 Å². The fourth-order valence-electron chi connectivity index (χ4n) is 2.57. The van der Waals surface area contributed by atoms with Gasteiger partial charge in [0, 0.05) is 10.9 Å². The number of fused-ring (bicyclic) bond motifs is 1. The van der Waals surface area contributed by atoms with Crippen molar-refractivity contribution in [2.24, 2.45) is 0 Å². The highest BCUT2D eigenvalue weighted by molar-refractivity contribution is 7.17. The third-order valence-electron chi connectivity index (χ3n) is 3.98. The topological polar surface area (TPSA) is 61.9 Å². The van der Waals surface area contributed by atoms with Crippen molar-refractivity contribution in [2.75, 3.05) is 7.05 Å². The summed E-state index contributed by atoms with van der Waals surface area (Å²) in [5, 5.41) is 3.07. The van der Waals surface area contributed by atoms with Crippen LogP contribution in [-0.4, -0.2) is 26.9 Å². The predicted molar refractivity (Wildman–Crippen MR) is 96.4 cm³/mol. The Balaban J connectivity index is 1.82. The zero-order valence-electron chi connectivity index (χ0n) is 13.7. The first-order valence-corrected chi connectivity index (χ1v) is 9.32. The number of aromatic amines is 1. The van der Waals surface area contributed by atoms with E-state index in [-0.39, 0.29) is 11.6 Å². The van der Waals surface area contributed by atoms with Crippen LogP contribution in [0.2, 0.25) is 0 Å². The minimum absolute atomic E-state index is 0.0525. The molecule has 0 fully saturated rings. The van der Waals surface area contributed by atoms with Crippen LogP contribution in [0.15, 0.2) is 16.2 Å². The zero-order valence-corrected chi connectivity index (χ0v) is 15.3. The monoisotopic (exact) mass is 348 g/mol. The molecule has 1 atom stereocenters. The number of thiophene rings is 1. The van der Waals surface area contributed by atoms with Gasteiger partial charge in [-0.15, -0.1) is 22.7 Å². The molecule has 5 nitrogen and oxygen atoms in total. The van der Waals surface area contributed by atoms with Crippen LogP contribution >= 0.6 is 22.7 Å². The fourth-order valence-corrected chi connectivity index (χ4v) is 4.42. The first-order valence-electron chi connectivity index (χ1n) is 7.62. The van der Waals surface area contributed by atoms with Gasteiger partial charge in [-0.05, 0) is 38.8 Å². The van der Waals surface area contributed by atoms with Crippen LogP contribution in [0, 0.1) is 6.92 Å². The minimum atomic E-state index is -0.0525. The summed E-state index contributed by atoms with van der Waals surface area (Å²) in [5.41, 5.74) is 1.82. The molecule has 0 aliphatic heterocycles. The standard InChI is InChI=1S/C16H20N4OS2/c1-5-13-17-9(2)14(23-13)10(3)20(4)8-12-18-11-6-7-22-15(11)16(21)19-12/h6-7,10H,5,8H2,1-4H3,(H,18,19,21)/t10-/m0/s1. The van der Waals surface area contributed by atoms with E-state index >= 15 is 0 Å². The molecule has 3 aromatic heterocycles. The van der Waals surface area contributed by atoms with Crippen molar-refractivity contribution >= 4 is 32.9 Å². The van der Waals surface area contributed by atoms with Crippen LogP contribution in [0.1, 0.15) is 41.3 Å². The van der Waals surface area contributed by atoms with Gasteiger partial charge >= 0.3 is 0 Å². The summed E-state index contributed by atoms with van der Waals surface area (Å²) in [5.74, 6) is 0.702. The molecule has 122 valence electrons. The molecular formula is C16H20N4OS2. The molecule has 0 saturated carbocycles. The van der Waals surface area contributed by atoms with Crippen molar-refractivity contribution in [3.8, 4) is 0 Å². The Hall–Kier alpha value is -1.57. The second kappa shape index (κ2) is 6.51. The molecule has 3 heterocycles. The van der Waals surface area contributed by atoms with Gasteiger partial charge in [-0.2, -0.15) is 0 Å². The van der Waals surface area contributed by atoms with Crippen LogP contribution < -0.4 is 5.56 Å². The lowest BCUT2D eigenvalue weighted by Gasteiger charge is -2.23. The van der Waals surface area contributed by atoms with Gasteiger partial charge in [-0.1, -0.05) is 6.92 Å². The molecule has 0 saturated heterocycles. The molecule has 23 heavy (non-hydrogen) atoms. The average molecular weight is 348 g/mol. The van der Waals surface area contributed by atoms with E-state index in [9.17, 15) is 4.79 Å². The van der Waals surface area contributed by atoms with Crippen LogP contribution in [0.25, 0.3) is 10.2 Å². The van der Waals surface area contributed by atoms with Crippen molar-refractivity contribution in [3.63, 3.8) is 0 Å². The third-order valence-corrected chi connectivity index (χ3v) is 6.36. The Kier molecular flexibility index (Phi) is 4.61. The maximum atomic E-state index is 12.1. The summed E-state index contributed by atoms with van der Waals surface area (Å²) >= 11 is 3.20. The van der Waals surface area contributed by atoms with Gasteiger partial charge in [0.25, 0.3) is 5.56 Å². The highest BCUT2D eigenvalue weighted by Gasteiger charge is 2.19. The van der Waals surface area contributed by atoms with Gasteiger partial charge in [0.05, 0.1) is 22.8 Å². The highest BCUT2D eigenvalue weighted by atomic mass is 32.1. The number of rotatable bonds is 5. The first kappa shape index (κ1) is 16.3. The maximum Gasteiger partial charge on any atom is 0.268 e. The second-order valence-electron chi connectivity index (χ2n) is 5.65. The summed E-state index contributed by atoms with van der Waals surface area (Å²) < 4.78 is 0.690. The molecule has 0 radical (unpaired) electrons. The van der Waals surface area contributed by atoms with Gasteiger partial charge in [0.15, 0.2) is 0 Å². The minimum Gasteiger partial charge on any atom is -0.308 e. The van der Waals surface area contributed by atoms with E-state index in [0.29, 0.717) is 17.1 Å². The molecule has 0 aromatic carbocycles. The number of hydrogen-bond donors (Lipinski definition) is 1. The summed E-state index contributed by atoms with van der Waals surface area (Å²) in [6.07, 6.45) is 0.964. The Morgan fingerprint density at radius 3 is 2.87 bits per heavy atom. The fraction of sp³-hybridized carbons (Fsp3) is 0.438. The van der Waals surface area contributed by atoms with Crippen LogP contribution in [0.3, 0.4) is 0 Å². The molecule has 3 rings (SSSR count). The molecule has 3 aromatic rings. The number of nitrogens with one attached hydrogen (secondary N) is 1. The molecule has 0 aliphatic carbocycles. The van der Waals surface area contributed by atoms with Crippen molar-refractivity contribution in [2.45, 2.75) is 39.8 Å². The van der Waals surface area contributed by atoms with E-state index in [4.69, 9.17) is 0 Å². The largest absolute Gasteiger partial charge is 0.308 e. The van der Waals surface area contributed by atoms with E-state index in [1.54, 1.807) is 11.3 Å². The lowest BCUT2D eigenvalue weighted by atomic mass is 10.2. The maximum absolute atomic E-state index is 12.1. The smallest absolute Gasteiger partial charge is 0.268 e. The average Bonchev–Trinajstić information content (AvgIpc) is 3.12. The molecular weight excluding hydrogens is 328 g/mol. The van der Waals surface area contributed by atoms with E-state index in [0.717, 1.165) is 17.6 Å². The second-order valence-corrected chi connectivity index (χ2v) is 7.68. The van der Waals surface area contributed by atoms with Crippen molar-refractivity contribution in [1.82, 2.24) is 19.9 Å². The Bertz CT molecular complexity index is 880. The number of thiazole rings is 1. The van der Waals surface area contributed by atoms with Gasteiger partial charge in [-0.25, -0.2) is 9.97 Å². The van der Waals surface area contributed by atoms with Gasteiger partial charge in [0.1, 0.15) is 10.5 Å².